The van der Waals surface area contributed by atoms with Gasteiger partial charge in [0.15, 0.2) is 0 Å². The number of nitrogens with one attached hydrogen (secondary N) is 1. The summed E-state index contributed by atoms with van der Waals surface area (Å²) >= 11 is 0. The summed E-state index contributed by atoms with van der Waals surface area (Å²) < 4.78 is 5.34. The van der Waals surface area contributed by atoms with Crippen molar-refractivity contribution in [1.82, 2.24) is 4.90 Å². The van der Waals surface area contributed by atoms with Crippen molar-refractivity contribution in [2.24, 2.45) is 0 Å². The van der Waals surface area contributed by atoms with Gasteiger partial charge in [0, 0.05) is 44.0 Å². The molecule has 25 heavy (non-hydrogen) atoms. The van der Waals surface area contributed by atoms with Crippen LogP contribution >= 0.6 is 0 Å². The lowest BCUT2D eigenvalue weighted by Gasteiger charge is -2.34. The second-order valence-corrected chi connectivity index (χ2v) is 6.20. The Morgan fingerprint density at radius 2 is 1.96 bits per heavy atom. The van der Waals surface area contributed by atoms with Crippen molar-refractivity contribution in [3.8, 4) is 0 Å². The molecule has 0 aromatic heterocycles. The number of aliphatic carboxylic acids is 1. The first-order valence-electron chi connectivity index (χ1n) is 8.37. The smallest absolute Gasteiger partial charge is 0.305 e. The normalized spacial score (nSPS) is 14.8. The molecule has 0 aliphatic carbocycles. The second kappa shape index (κ2) is 8.62. The van der Waals surface area contributed by atoms with E-state index in [0.29, 0.717) is 37.3 Å². The molecule has 1 heterocycles. The Hall–Kier alpha value is -2.41. The van der Waals surface area contributed by atoms with Gasteiger partial charge in [-0.05, 0) is 37.5 Å². The predicted octanol–water partition coefficient (Wildman–Crippen LogP) is 2.05. The van der Waals surface area contributed by atoms with E-state index in [4.69, 9.17) is 9.84 Å². The lowest BCUT2D eigenvalue weighted by molar-refractivity contribution is -0.137. The summed E-state index contributed by atoms with van der Waals surface area (Å²) in [6.45, 7) is 4.54. The number of benzene rings is 1. The number of carbonyl (C=O) groups excluding carboxylic acids is 2. The van der Waals surface area contributed by atoms with E-state index in [1.165, 1.54) is 6.92 Å². The molecule has 2 amide bonds. The third-order valence-corrected chi connectivity index (χ3v) is 4.25. The molecule has 7 heteroatoms. The zero-order chi connectivity index (χ0) is 18.4. The maximum atomic E-state index is 13.0. The largest absolute Gasteiger partial charge is 0.481 e. The quantitative estimate of drug-likeness (QED) is 0.820. The van der Waals surface area contributed by atoms with Crippen LogP contribution in [0.25, 0.3) is 0 Å². The van der Waals surface area contributed by atoms with Gasteiger partial charge >= 0.3 is 5.97 Å². The molecule has 0 bridgehead atoms. The van der Waals surface area contributed by atoms with Crippen LogP contribution in [-0.4, -0.2) is 53.6 Å². The first-order chi connectivity index (χ1) is 11.9. The average molecular weight is 348 g/mol. The van der Waals surface area contributed by atoms with Crippen LogP contribution in [0.15, 0.2) is 18.2 Å². The minimum Gasteiger partial charge on any atom is -0.481 e. The summed E-state index contributed by atoms with van der Waals surface area (Å²) in [5.41, 5.74) is 1.88. The van der Waals surface area contributed by atoms with Crippen molar-refractivity contribution in [1.29, 1.82) is 0 Å². The number of nitrogens with zero attached hydrogens (tertiary/aromatic N) is 1. The SMILES string of the molecule is CC(=O)Nc1cc(C(=O)N(CCC(=O)O)C2CCOCC2)ccc1C. The monoisotopic (exact) mass is 348 g/mol. The highest BCUT2D eigenvalue weighted by Gasteiger charge is 2.27. The summed E-state index contributed by atoms with van der Waals surface area (Å²) in [6, 6.07) is 5.09. The van der Waals surface area contributed by atoms with Crippen LogP contribution in [0.3, 0.4) is 0 Å². The maximum Gasteiger partial charge on any atom is 0.305 e. The average Bonchev–Trinajstić information content (AvgIpc) is 2.57. The molecule has 0 saturated carbocycles. The van der Waals surface area contributed by atoms with E-state index in [1.54, 1.807) is 23.1 Å². The van der Waals surface area contributed by atoms with Gasteiger partial charge in [0.1, 0.15) is 0 Å². The number of carbonyl (C=O) groups is 3. The molecule has 1 fully saturated rings. The number of carboxylic acid groups (broad SMARTS) is 1. The molecule has 2 N–H and O–H groups in total. The van der Waals surface area contributed by atoms with Gasteiger partial charge in [-0.25, -0.2) is 0 Å². The number of aryl methyl sites for hydroxylation is 1. The van der Waals surface area contributed by atoms with E-state index < -0.39 is 5.97 Å². The van der Waals surface area contributed by atoms with Crippen molar-refractivity contribution in [3.63, 3.8) is 0 Å². The van der Waals surface area contributed by atoms with E-state index in [-0.39, 0.29) is 30.8 Å². The third-order valence-electron chi connectivity index (χ3n) is 4.25. The summed E-state index contributed by atoms with van der Waals surface area (Å²) in [6.07, 6.45) is 1.28. The summed E-state index contributed by atoms with van der Waals surface area (Å²) in [5.74, 6) is -1.37. The Labute approximate surface area is 147 Å². The van der Waals surface area contributed by atoms with Gasteiger partial charge in [0.2, 0.25) is 5.91 Å². The third kappa shape index (κ3) is 5.29. The minimum atomic E-state index is -0.937. The van der Waals surface area contributed by atoms with Gasteiger partial charge < -0.3 is 20.1 Å². The Bertz CT molecular complexity index is 653. The minimum absolute atomic E-state index is 0.0360. The number of hydrogen-bond donors (Lipinski definition) is 2. The van der Waals surface area contributed by atoms with Gasteiger partial charge in [-0.15, -0.1) is 0 Å². The number of rotatable bonds is 6. The lowest BCUT2D eigenvalue weighted by atomic mass is 10.0. The summed E-state index contributed by atoms with van der Waals surface area (Å²) in [5, 5.41) is 11.7. The standard InChI is InChI=1S/C18H24N2O5/c1-12-3-4-14(11-16(12)19-13(2)21)18(24)20(8-5-17(22)23)15-6-9-25-10-7-15/h3-4,11,15H,5-10H2,1-2H3,(H,19,21)(H,22,23). The second-order valence-electron chi connectivity index (χ2n) is 6.20. The van der Waals surface area contributed by atoms with E-state index in [2.05, 4.69) is 5.32 Å². The maximum absolute atomic E-state index is 13.0. The topological polar surface area (TPSA) is 95.9 Å². The fourth-order valence-electron chi connectivity index (χ4n) is 2.91. The highest BCUT2D eigenvalue weighted by Crippen LogP contribution is 2.22. The molecule has 1 saturated heterocycles. The van der Waals surface area contributed by atoms with E-state index in [1.807, 2.05) is 6.92 Å². The van der Waals surface area contributed by atoms with Crippen LogP contribution in [0.2, 0.25) is 0 Å². The lowest BCUT2D eigenvalue weighted by Crippen LogP contribution is -2.44. The van der Waals surface area contributed by atoms with Crippen LogP contribution in [0.1, 0.15) is 42.1 Å². The number of amides is 2. The van der Waals surface area contributed by atoms with Gasteiger partial charge in [-0.3, -0.25) is 14.4 Å². The Morgan fingerprint density at radius 3 is 2.56 bits per heavy atom. The van der Waals surface area contributed by atoms with Crippen LogP contribution < -0.4 is 5.32 Å². The molecule has 2 rings (SSSR count). The first-order valence-corrected chi connectivity index (χ1v) is 8.37. The van der Waals surface area contributed by atoms with E-state index >= 15 is 0 Å². The molecule has 1 aromatic carbocycles. The van der Waals surface area contributed by atoms with Crippen LogP contribution in [0.4, 0.5) is 5.69 Å². The molecular weight excluding hydrogens is 324 g/mol. The molecule has 136 valence electrons. The first kappa shape index (κ1) is 18.9. The number of anilines is 1. The summed E-state index contributed by atoms with van der Waals surface area (Å²) in [7, 11) is 0. The van der Waals surface area contributed by atoms with Crippen molar-refractivity contribution < 1.29 is 24.2 Å². The molecule has 1 aromatic rings. The van der Waals surface area contributed by atoms with Crippen LogP contribution in [-0.2, 0) is 14.3 Å². The molecule has 1 aliphatic heterocycles. The fraction of sp³-hybridized carbons (Fsp3) is 0.500. The molecule has 0 radical (unpaired) electrons. The number of hydrogen-bond acceptors (Lipinski definition) is 4. The molecular formula is C18H24N2O5. The van der Waals surface area contributed by atoms with Crippen LogP contribution in [0, 0.1) is 6.92 Å². The Kier molecular flexibility index (Phi) is 6.52. The Balaban J connectivity index is 2.24. The molecule has 7 nitrogen and oxygen atoms in total. The predicted molar refractivity (Wildman–Crippen MR) is 92.6 cm³/mol. The Morgan fingerprint density at radius 1 is 1.28 bits per heavy atom. The highest BCUT2D eigenvalue weighted by molar-refractivity contribution is 5.97. The highest BCUT2D eigenvalue weighted by atomic mass is 16.5. The van der Waals surface area contributed by atoms with E-state index in [9.17, 15) is 14.4 Å². The molecule has 0 atom stereocenters. The zero-order valence-corrected chi connectivity index (χ0v) is 14.6. The van der Waals surface area contributed by atoms with Crippen molar-refractivity contribution in [3.05, 3.63) is 29.3 Å². The van der Waals surface area contributed by atoms with Crippen molar-refractivity contribution >= 4 is 23.5 Å². The zero-order valence-electron chi connectivity index (χ0n) is 14.6. The summed E-state index contributed by atoms with van der Waals surface area (Å²) in [4.78, 5) is 36.9. The number of ether oxygens (including phenoxy) is 1. The fourth-order valence-corrected chi connectivity index (χ4v) is 2.91. The number of carboxylic acids is 1. The molecule has 0 spiro atoms. The van der Waals surface area contributed by atoms with Gasteiger partial charge in [-0.2, -0.15) is 0 Å². The van der Waals surface area contributed by atoms with Gasteiger partial charge in [0.25, 0.3) is 5.91 Å². The van der Waals surface area contributed by atoms with Crippen LogP contribution in [0.5, 0.6) is 0 Å². The van der Waals surface area contributed by atoms with E-state index in [0.717, 1.165) is 5.56 Å². The van der Waals surface area contributed by atoms with Gasteiger partial charge in [-0.1, -0.05) is 6.07 Å². The van der Waals surface area contributed by atoms with Crippen molar-refractivity contribution in [2.75, 3.05) is 25.1 Å². The molecule has 0 unspecified atom stereocenters. The molecule has 1 aliphatic rings. The van der Waals surface area contributed by atoms with Crippen molar-refractivity contribution in [2.45, 2.75) is 39.2 Å². The van der Waals surface area contributed by atoms with Gasteiger partial charge in [0.05, 0.1) is 6.42 Å².